The lowest BCUT2D eigenvalue weighted by Crippen LogP contribution is -2.44. The molecular formula is C18H17ClN2O4. The first-order chi connectivity index (χ1) is 12.1. The Morgan fingerprint density at radius 3 is 2.48 bits per heavy atom. The van der Waals surface area contributed by atoms with Gasteiger partial charge < -0.3 is 14.4 Å². The number of amides is 1. The van der Waals surface area contributed by atoms with Crippen LogP contribution in [0.4, 0.5) is 0 Å². The summed E-state index contributed by atoms with van der Waals surface area (Å²) in [6.45, 7) is 1.90. The predicted molar refractivity (Wildman–Crippen MR) is 91.2 cm³/mol. The van der Waals surface area contributed by atoms with E-state index in [0.29, 0.717) is 31.9 Å². The van der Waals surface area contributed by atoms with Crippen molar-refractivity contribution in [2.75, 3.05) is 26.3 Å². The largest absolute Gasteiger partial charge is 0.444 e. The Morgan fingerprint density at radius 1 is 1.12 bits per heavy atom. The number of carbonyl (C=O) groups is 2. The van der Waals surface area contributed by atoms with Gasteiger partial charge in [-0.3, -0.25) is 4.79 Å². The highest BCUT2D eigenvalue weighted by Crippen LogP contribution is 2.22. The summed E-state index contributed by atoms with van der Waals surface area (Å²) in [4.78, 5) is 30.8. The zero-order valence-corrected chi connectivity index (χ0v) is 14.2. The van der Waals surface area contributed by atoms with Crippen LogP contribution in [-0.4, -0.2) is 48.1 Å². The van der Waals surface area contributed by atoms with Crippen LogP contribution < -0.4 is 0 Å². The second-order valence-electron chi connectivity index (χ2n) is 5.50. The maximum atomic E-state index is 12.9. The van der Waals surface area contributed by atoms with Crippen molar-refractivity contribution in [1.82, 2.24) is 9.88 Å². The van der Waals surface area contributed by atoms with Gasteiger partial charge in [0.2, 0.25) is 6.10 Å². The third kappa shape index (κ3) is 4.35. The lowest BCUT2D eigenvalue weighted by atomic mass is 10.1. The van der Waals surface area contributed by atoms with E-state index in [1.54, 1.807) is 29.2 Å². The van der Waals surface area contributed by atoms with Crippen molar-refractivity contribution < 1.29 is 19.1 Å². The molecule has 0 spiro atoms. The lowest BCUT2D eigenvalue weighted by Gasteiger charge is -2.30. The summed E-state index contributed by atoms with van der Waals surface area (Å²) in [5, 5.41) is 0.278. The van der Waals surface area contributed by atoms with Gasteiger partial charge in [-0.25, -0.2) is 9.78 Å². The molecule has 1 atom stereocenters. The fourth-order valence-electron chi connectivity index (χ4n) is 2.51. The standard InChI is InChI=1S/C18H17ClN2O4/c19-15-7-6-14(12-20-15)18(23)25-16(13-4-2-1-3-5-13)17(22)21-8-10-24-11-9-21/h1-7,12,16H,8-11H2/t16-/m0/s1. The average molecular weight is 361 g/mol. The second kappa shape index (κ2) is 8.09. The van der Waals surface area contributed by atoms with Crippen LogP contribution in [0.15, 0.2) is 48.7 Å². The lowest BCUT2D eigenvalue weighted by molar-refractivity contribution is -0.145. The molecule has 25 heavy (non-hydrogen) atoms. The van der Waals surface area contributed by atoms with E-state index in [9.17, 15) is 9.59 Å². The van der Waals surface area contributed by atoms with Crippen LogP contribution in [0.1, 0.15) is 22.0 Å². The molecule has 0 saturated carbocycles. The molecule has 1 saturated heterocycles. The number of benzene rings is 1. The van der Waals surface area contributed by atoms with E-state index < -0.39 is 12.1 Å². The minimum absolute atomic E-state index is 0.236. The Kier molecular flexibility index (Phi) is 5.63. The molecule has 6 nitrogen and oxygen atoms in total. The number of halogens is 1. The van der Waals surface area contributed by atoms with Crippen LogP contribution in [0.5, 0.6) is 0 Å². The zero-order chi connectivity index (χ0) is 17.6. The van der Waals surface area contributed by atoms with E-state index in [2.05, 4.69) is 4.98 Å². The minimum atomic E-state index is -1.01. The average Bonchev–Trinajstić information content (AvgIpc) is 2.67. The molecule has 7 heteroatoms. The van der Waals surface area contributed by atoms with E-state index in [1.165, 1.54) is 18.3 Å². The smallest absolute Gasteiger partial charge is 0.340 e. The molecule has 0 unspecified atom stereocenters. The monoisotopic (exact) mass is 360 g/mol. The number of esters is 1. The molecule has 2 heterocycles. The van der Waals surface area contributed by atoms with E-state index in [-0.39, 0.29) is 16.6 Å². The molecule has 1 amide bonds. The fraction of sp³-hybridized carbons (Fsp3) is 0.278. The maximum Gasteiger partial charge on any atom is 0.340 e. The minimum Gasteiger partial charge on any atom is -0.444 e. The molecule has 1 aromatic heterocycles. The van der Waals surface area contributed by atoms with Gasteiger partial charge in [-0.05, 0) is 12.1 Å². The van der Waals surface area contributed by atoms with Crippen LogP contribution in [0.25, 0.3) is 0 Å². The Morgan fingerprint density at radius 2 is 1.84 bits per heavy atom. The number of hydrogen-bond donors (Lipinski definition) is 0. The van der Waals surface area contributed by atoms with Crippen molar-refractivity contribution >= 4 is 23.5 Å². The molecule has 2 aromatic rings. The number of pyridine rings is 1. The Labute approximate surface area is 150 Å². The molecule has 1 aliphatic heterocycles. The summed E-state index contributed by atoms with van der Waals surface area (Å²) < 4.78 is 10.8. The number of rotatable bonds is 4. The molecule has 1 aromatic carbocycles. The molecule has 0 aliphatic carbocycles. The fourth-order valence-corrected chi connectivity index (χ4v) is 2.62. The van der Waals surface area contributed by atoms with E-state index >= 15 is 0 Å². The first-order valence-corrected chi connectivity index (χ1v) is 8.27. The Hall–Kier alpha value is -2.44. The number of aromatic nitrogens is 1. The summed E-state index contributed by atoms with van der Waals surface area (Å²) >= 11 is 5.73. The first kappa shape index (κ1) is 17.4. The first-order valence-electron chi connectivity index (χ1n) is 7.89. The zero-order valence-electron chi connectivity index (χ0n) is 13.4. The number of morpholine rings is 1. The van der Waals surface area contributed by atoms with Gasteiger partial charge in [-0.2, -0.15) is 0 Å². The molecule has 0 N–H and O–H groups in total. The van der Waals surface area contributed by atoms with Crippen molar-refractivity contribution in [2.45, 2.75) is 6.10 Å². The molecule has 3 rings (SSSR count). The second-order valence-corrected chi connectivity index (χ2v) is 5.89. The van der Waals surface area contributed by atoms with Crippen molar-refractivity contribution in [3.05, 3.63) is 64.9 Å². The van der Waals surface area contributed by atoms with Crippen LogP contribution in [0.2, 0.25) is 5.15 Å². The third-order valence-electron chi connectivity index (χ3n) is 3.84. The van der Waals surface area contributed by atoms with Gasteiger partial charge in [-0.1, -0.05) is 41.9 Å². The van der Waals surface area contributed by atoms with E-state index in [0.717, 1.165) is 0 Å². The quantitative estimate of drug-likeness (QED) is 0.619. The topological polar surface area (TPSA) is 68.7 Å². The Balaban J connectivity index is 1.82. The number of ether oxygens (including phenoxy) is 2. The van der Waals surface area contributed by atoms with Crippen molar-refractivity contribution in [3.63, 3.8) is 0 Å². The highest BCUT2D eigenvalue weighted by molar-refractivity contribution is 6.29. The third-order valence-corrected chi connectivity index (χ3v) is 4.06. The van der Waals surface area contributed by atoms with Gasteiger partial charge in [0.15, 0.2) is 0 Å². The molecule has 0 radical (unpaired) electrons. The predicted octanol–water partition coefficient (Wildman–Crippen LogP) is 2.49. The van der Waals surface area contributed by atoms with Crippen molar-refractivity contribution in [3.8, 4) is 0 Å². The number of carbonyl (C=O) groups excluding carboxylic acids is 2. The Bertz CT molecular complexity index is 731. The van der Waals surface area contributed by atoms with Gasteiger partial charge in [0.05, 0.1) is 18.8 Å². The summed E-state index contributed by atoms with van der Waals surface area (Å²) in [6.07, 6.45) is 0.314. The highest BCUT2D eigenvalue weighted by Gasteiger charge is 2.30. The molecule has 130 valence electrons. The van der Waals surface area contributed by atoms with Gasteiger partial charge >= 0.3 is 5.97 Å². The number of nitrogens with zero attached hydrogens (tertiary/aromatic N) is 2. The van der Waals surface area contributed by atoms with Crippen LogP contribution in [0.3, 0.4) is 0 Å². The maximum absolute atomic E-state index is 12.9. The highest BCUT2D eigenvalue weighted by atomic mass is 35.5. The van der Waals surface area contributed by atoms with Crippen LogP contribution >= 0.6 is 11.6 Å². The number of hydrogen-bond acceptors (Lipinski definition) is 5. The van der Waals surface area contributed by atoms with Crippen molar-refractivity contribution in [1.29, 1.82) is 0 Å². The van der Waals surface area contributed by atoms with Gasteiger partial charge in [0.1, 0.15) is 5.15 Å². The van der Waals surface area contributed by atoms with Gasteiger partial charge in [-0.15, -0.1) is 0 Å². The van der Waals surface area contributed by atoms with Crippen LogP contribution in [-0.2, 0) is 14.3 Å². The summed E-state index contributed by atoms with van der Waals surface area (Å²) in [5.41, 5.74) is 0.856. The van der Waals surface area contributed by atoms with Crippen LogP contribution in [0, 0.1) is 0 Å². The van der Waals surface area contributed by atoms with Gasteiger partial charge in [0.25, 0.3) is 5.91 Å². The molecule has 1 aliphatic rings. The van der Waals surface area contributed by atoms with E-state index in [1.807, 2.05) is 6.07 Å². The molecular weight excluding hydrogens is 344 g/mol. The normalized spacial score (nSPS) is 15.5. The summed E-state index contributed by atoms with van der Waals surface area (Å²) in [5.74, 6) is -0.885. The van der Waals surface area contributed by atoms with Gasteiger partial charge in [0, 0.05) is 24.8 Å². The molecule has 0 bridgehead atoms. The SMILES string of the molecule is O=C(O[C@H](C(=O)N1CCOCC1)c1ccccc1)c1ccc(Cl)nc1. The summed E-state index contributed by atoms with van der Waals surface area (Å²) in [7, 11) is 0. The van der Waals surface area contributed by atoms with Crippen molar-refractivity contribution in [2.24, 2.45) is 0 Å². The molecule has 1 fully saturated rings. The summed E-state index contributed by atoms with van der Waals surface area (Å²) in [6, 6.07) is 12.0. The van der Waals surface area contributed by atoms with E-state index in [4.69, 9.17) is 21.1 Å².